The molecule has 8 heteroatoms. The molecule has 123 valence electrons. The number of methoxy groups -OCH3 is 1. The van der Waals surface area contributed by atoms with Crippen molar-refractivity contribution in [2.45, 2.75) is 19.3 Å². The Morgan fingerprint density at radius 2 is 2.17 bits per heavy atom. The molecule has 1 radical (unpaired) electrons. The molecule has 0 saturated carbocycles. The molecule has 1 aromatic rings. The maximum absolute atomic E-state index is 12.7. The van der Waals surface area contributed by atoms with Crippen molar-refractivity contribution in [1.82, 2.24) is 4.90 Å². The van der Waals surface area contributed by atoms with E-state index in [2.05, 4.69) is 22.0 Å². The number of allylic oxidation sites excluding steroid dienone is 1. The molecule has 0 atom stereocenters. The molecule has 0 bridgehead atoms. The standard InChI is InChI=1S/C15H15BrF2NO3.Y/c1-21-9-22-10-5-6-11(12(16)7-10)13-3-2-4-15(20)19(13)8-14(17)18;/h5-7,14H,2,4,8-9H2,1H3;/q-1;. The molecular formula is C15H15BrF2NO3Y-. The minimum absolute atomic E-state index is 0. The van der Waals surface area contributed by atoms with Gasteiger partial charge in [-0.3, -0.25) is 4.79 Å². The second kappa shape index (κ2) is 9.82. The van der Waals surface area contributed by atoms with Crippen LogP contribution in [0.3, 0.4) is 0 Å². The summed E-state index contributed by atoms with van der Waals surface area (Å²) in [4.78, 5) is 13.0. The predicted octanol–water partition coefficient (Wildman–Crippen LogP) is 3.46. The molecule has 0 fully saturated rings. The number of rotatable bonds is 6. The van der Waals surface area contributed by atoms with Crippen LogP contribution in [-0.2, 0) is 42.2 Å². The predicted molar refractivity (Wildman–Crippen MR) is 80.2 cm³/mol. The van der Waals surface area contributed by atoms with Gasteiger partial charge in [0.25, 0.3) is 6.43 Å². The van der Waals surface area contributed by atoms with Gasteiger partial charge in [0.1, 0.15) is 5.75 Å². The summed E-state index contributed by atoms with van der Waals surface area (Å²) in [5.74, 6) is 0.251. The van der Waals surface area contributed by atoms with Crippen LogP contribution in [0, 0.1) is 6.08 Å². The van der Waals surface area contributed by atoms with Crippen LogP contribution in [0.5, 0.6) is 5.75 Å². The van der Waals surface area contributed by atoms with Gasteiger partial charge in [-0.25, -0.2) is 14.9 Å². The van der Waals surface area contributed by atoms with E-state index in [0.29, 0.717) is 27.9 Å². The van der Waals surface area contributed by atoms with Crippen molar-refractivity contribution in [3.05, 3.63) is 34.3 Å². The fraction of sp³-hybridized carbons (Fsp3) is 0.400. The first-order valence-corrected chi connectivity index (χ1v) is 7.43. The van der Waals surface area contributed by atoms with Gasteiger partial charge in [0.05, 0.1) is 6.54 Å². The summed E-state index contributed by atoms with van der Waals surface area (Å²) in [6.07, 6.45) is 1.04. The van der Waals surface area contributed by atoms with Crippen LogP contribution in [0.4, 0.5) is 8.78 Å². The molecule has 0 aliphatic carbocycles. The summed E-state index contributed by atoms with van der Waals surface area (Å²) in [6.45, 7) is -0.522. The molecular weight excluding hydrogens is 449 g/mol. The van der Waals surface area contributed by atoms with Crippen LogP contribution in [0.2, 0.25) is 0 Å². The number of ether oxygens (including phenoxy) is 2. The third-order valence-electron chi connectivity index (χ3n) is 3.06. The zero-order chi connectivity index (χ0) is 16.1. The molecule has 0 unspecified atom stereocenters. The molecule has 0 spiro atoms. The Kier molecular flexibility index (Phi) is 8.82. The number of halogens is 3. The minimum Gasteiger partial charge on any atom is -0.468 e. The maximum atomic E-state index is 12.7. The number of nitrogens with zero attached hydrogens (tertiary/aromatic N) is 1. The Morgan fingerprint density at radius 1 is 1.43 bits per heavy atom. The zero-order valence-electron chi connectivity index (χ0n) is 12.5. The van der Waals surface area contributed by atoms with Crippen LogP contribution in [0.15, 0.2) is 22.7 Å². The summed E-state index contributed by atoms with van der Waals surface area (Å²) in [5.41, 5.74) is 1.00. The molecule has 4 nitrogen and oxygen atoms in total. The quantitative estimate of drug-likeness (QED) is 0.479. The Balaban J connectivity index is 0.00000264. The van der Waals surface area contributed by atoms with Gasteiger partial charge in [0.2, 0.25) is 5.91 Å². The molecule has 1 aliphatic rings. The van der Waals surface area contributed by atoms with Gasteiger partial charge in [-0.2, -0.15) is 0 Å². The Bertz CT molecular complexity index is 584. The summed E-state index contributed by atoms with van der Waals surface area (Å²) < 4.78 is 36.2. The number of alkyl halides is 2. The Labute approximate surface area is 167 Å². The molecule has 1 aromatic carbocycles. The molecule has 1 heterocycles. The molecule has 0 aromatic heterocycles. The molecule has 0 saturated heterocycles. The van der Waals surface area contributed by atoms with Crippen molar-refractivity contribution in [3.63, 3.8) is 0 Å². The van der Waals surface area contributed by atoms with Crippen molar-refractivity contribution < 1.29 is 55.8 Å². The maximum Gasteiger partial charge on any atom is 0.256 e. The smallest absolute Gasteiger partial charge is 0.256 e. The van der Waals surface area contributed by atoms with Crippen LogP contribution in [-0.4, -0.2) is 37.7 Å². The number of carbonyl (C=O) groups is 1. The average Bonchev–Trinajstić information content (AvgIpc) is 2.47. The van der Waals surface area contributed by atoms with E-state index in [4.69, 9.17) is 9.47 Å². The van der Waals surface area contributed by atoms with Crippen molar-refractivity contribution in [3.8, 4) is 5.75 Å². The summed E-state index contributed by atoms with van der Waals surface area (Å²) >= 11 is 3.38. The SMILES string of the molecule is COCOc1ccc(C2=[C-]CCC(=O)N2CC(F)F)c(Br)c1.[Y]. The van der Waals surface area contributed by atoms with E-state index in [9.17, 15) is 13.6 Å². The van der Waals surface area contributed by atoms with Crippen LogP contribution >= 0.6 is 15.9 Å². The first kappa shape index (κ1) is 20.7. The van der Waals surface area contributed by atoms with Gasteiger partial charge >= 0.3 is 0 Å². The third kappa shape index (κ3) is 5.59. The van der Waals surface area contributed by atoms with Gasteiger partial charge in [0, 0.05) is 46.2 Å². The topological polar surface area (TPSA) is 38.8 Å². The van der Waals surface area contributed by atoms with Crippen LogP contribution < -0.4 is 4.74 Å². The van der Waals surface area contributed by atoms with E-state index in [1.807, 2.05) is 0 Å². The van der Waals surface area contributed by atoms with Crippen LogP contribution in [0.25, 0.3) is 5.70 Å². The molecule has 23 heavy (non-hydrogen) atoms. The second-order valence-electron chi connectivity index (χ2n) is 4.61. The van der Waals surface area contributed by atoms with E-state index in [0.717, 1.165) is 4.90 Å². The number of hydrogen-bond acceptors (Lipinski definition) is 3. The van der Waals surface area contributed by atoms with E-state index in [-0.39, 0.29) is 51.8 Å². The fourth-order valence-corrected chi connectivity index (χ4v) is 2.66. The van der Waals surface area contributed by atoms with Gasteiger partial charge in [-0.05, 0) is 12.1 Å². The molecule has 1 aliphatic heterocycles. The van der Waals surface area contributed by atoms with Crippen molar-refractivity contribution in [2.75, 3.05) is 20.4 Å². The van der Waals surface area contributed by atoms with Crippen molar-refractivity contribution >= 4 is 27.5 Å². The van der Waals surface area contributed by atoms with E-state index in [1.54, 1.807) is 18.2 Å². The van der Waals surface area contributed by atoms with Crippen molar-refractivity contribution in [2.24, 2.45) is 0 Å². The monoisotopic (exact) mass is 463 g/mol. The summed E-state index contributed by atoms with van der Waals surface area (Å²) in [6, 6.07) is 5.09. The largest absolute Gasteiger partial charge is 0.468 e. The van der Waals surface area contributed by atoms with E-state index < -0.39 is 13.0 Å². The molecule has 0 N–H and O–H groups in total. The van der Waals surface area contributed by atoms with E-state index >= 15 is 0 Å². The average molecular weight is 464 g/mol. The zero-order valence-corrected chi connectivity index (χ0v) is 16.9. The Morgan fingerprint density at radius 3 is 2.78 bits per heavy atom. The normalized spacial score (nSPS) is 14.6. The van der Waals surface area contributed by atoms with Gasteiger partial charge in [-0.1, -0.05) is 20.4 Å². The van der Waals surface area contributed by atoms with Crippen molar-refractivity contribution in [1.29, 1.82) is 0 Å². The van der Waals surface area contributed by atoms with E-state index in [1.165, 1.54) is 7.11 Å². The first-order chi connectivity index (χ1) is 10.5. The fourth-order valence-electron chi connectivity index (χ4n) is 2.12. The van der Waals surface area contributed by atoms with Gasteiger partial charge < -0.3 is 14.4 Å². The minimum atomic E-state index is -2.60. The Hall–Kier alpha value is -0.366. The third-order valence-corrected chi connectivity index (χ3v) is 3.72. The second-order valence-corrected chi connectivity index (χ2v) is 5.47. The van der Waals surface area contributed by atoms with Gasteiger partial charge in [-0.15, -0.1) is 23.7 Å². The molecule has 2 rings (SSSR count). The number of hydrogen-bond donors (Lipinski definition) is 0. The van der Waals surface area contributed by atoms with Gasteiger partial charge in [0.15, 0.2) is 6.79 Å². The molecule has 1 amide bonds. The number of amides is 1. The summed E-state index contributed by atoms with van der Waals surface area (Å²) in [5, 5.41) is 0. The number of carbonyl (C=O) groups excluding carboxylic acids is 1. The summed E-state index contributed by atoms with van der Waals surface area (Å²) in [7, 11) is 1.51. The number of benzene rings is 1. The van der Waals surface area contributed by atoms with Crippen LogP contribution in [0.1, 0.15) is 18.4 Å². The first-order valence-electron chi connectivity index (χ1n) is 6.64.